The monoisotopic (exact) mass is 263 g/mol. The van der Waals surface area contributed by atoms with Crippen molar-refractivity contribution in [3.05, 3.63) is 11.4 Å². The topological polar surface area (TPSA) is 85.1 Å². The van der Waals surface area contributed by atoms with Crippen LogP contribution in [0.5, 0.6) is 0 Å². The molecule has 0 atom stereocenters. The molecule has 6 heteroatoms. The maximum Gasteiger partial charge on any atom is 0.148 e. The summed E-state index contributed by atoms with van der Waals surface area (Å²) in [4.78, 5) is 9.17. The van der Waals surface area contributed by atoms with Crippen LogP contribution in [0.4, 0.5) is 11.6 Å². The Hall–Kier alpha value is -1.40. The number of nitrogens with zero attached hydrogens (tertiary/aromatic N) is 2. The molecule has 1 aromatic rings. The number of nitrogens with one attached hydrogen (secondary N) is 2. The zero-order valence-electron chi connectivity index (χ0n) is 11.3. The molecule has 0 spiro atoms. The second kappa shape index (κ2) is 5.30. The quantitative estimate of drug-likeness (QED) is 0.564. The lowest BCUT2D eigenvalue weighted by molar-refractivity contribution is 0.0903. The Morgan fingerprint density at radius 1 is 1.11 bits per heavy atom. The van der Waals surface area contributed by atoms with E-state index >= 15 is 0 Å². The summed E-state index contributed by atoms with van der Waals surface area (Å²) in [5.74, 6) is 8.62. The maximum atomic E-state index is 5.55. The summed E-state index contributed by atoms with van der Waals surface area (Å²) in [6.07, 6.45) is 4.41. The van der Waals surface area contributed by atoms with Gasteiger partial charge >= 0.3 is 0 Å². The highest BCUT2D eigenvalue weighted by atomic mass is 16.5. The number of nitrogen functional groups attached to an aromatic ring is 1. The first-order valence-corrected chi connectivity index (χ1v) is 6.97. The third-order valence-corrected chi connectivity index (χ3v) is 3.80. The van der Waals surface area contributed by atoms with Crippen molar-refractivity contribution in [1.29, 1.82) is 0 Å². The van der Waals surface area contributed by atoms with Crippen molar-refractivity contribution < 1.29 is 4.74 Å². The standard InChI is InChI=1S/C13H21N5O/c1-8-11(15-10-4-6-19-7-5-10)16-13(9-2-3-9)17-12(8)18-14/h9-10H,2-7,14H2,1H3,(H2,15,16,17,18). The van der Waals surface area contributed by atoms with Gasteiger partial charge in [-0.3, -0.25) is 0 Å². The second-order valence-electron chi connectivity index (χ2n) is 5.35. The Labute approximate surface area is 113 Å². The third-order valence-electron chi connectivity index (χ3n) is 3.80. The van der Waals surface area contributed by atoms with Gasteiger partial charge in [-0.1, -0.05) is 0 Å². The first kappa shape index (κ1) is 12.6. The zero-order chi connectivity index (χ0) is 13.2. The van der Waals surface area contributed by atoms with Crippen LogP contribution in [0.1, 0.15) is 43.0 Å². The number of anilines is 2. The van der Waals surface area contributed by atoms with E-state index < -0.39 is 0 Å². The molecule has 2 heterocycles. The predicted molar refractivity (Wildman–Crippen MR) is 74.0 cm³/mol. The number of nitrogens with two attached hydrogens (primary N) is 1. The molecule has 0 aromatic carbocycles. The van der Waals surface area contributed by atoms with Crippen LogP contribution in [0, 0.1) is 6.92 Å². The Balaban J connectivity index is 1.83. The van der Waals surface area contributed by atoms with Crippen molar-refractivity contribution in [3.63, 3.8) is 0 Å². The largest absolute Gasteiger partial charge is 0.381 e. The lowest BCUT2D eigenvalue weighted by Crippen LogP contribution is -2.29. The molecule has 0 amide bonds. The molecule has 2 aliphatic rings. The highest BCUT2D eigenvalue weighted by molar-refractivity contribution is 5.57. The van der Waals surface area contributed by atoms with Gasteiger partial charge in [0, 0.05) is 30.7 Å². The van der Waals surface area contributed by atoms with E-state index in [1.807, 2.05) is 6.92 Å². The average molecular weight is 263 g/mol. The molecular formula is C13H21N5O. The number of hydrogen-bond donors (Lipinski definition) is 3. The van der Waals surface area contributed by atoms with Crippen LogP contribution < -0.4 is 16.6 Å². The molecule has 19 heavy (non-hydrogen) atoms. The predicted octanol–water partition coefficient (Wildman–Crippen LogP) is 1.54. The fourth-order valence-corrected chi connectivity index (χ4v) is 2.37. The first-order chi connectivity index (χ1) is 9.28. The molecule has 0 radical (unpaired) electrons. The van der Waals surface area contributed by atoms with Gasteiger partial charge in [-0.05, 0) is 32.6 Å². The maximum absolute atomic E-state index is 5.55. The van der Waals surface area contributed by atoms with E-state index in [-0.39, 0.29) is 0 Å². The Morgan fingerprint density at radius 3 is 2.42 bits per heavy atom. The molecule has 0 unspecified atom stereocenters. The van der Waals surface area contributed by atoms with Gasteiger partial charge in [0.25, 0.3) is 0 Å². The molecule has 1 saturated heterocycles. The molecule has 1 aromatic heterocycles. The van der Waals surface area contributed by atoms with Gasteiger partial charge in [-0.15, -0.1) is 0 Å². The van der Waals surface area contributed by atoms with Crippen molar-refractivity contribution in [2.75, 3.05) is 24.0 Å². The molecule has 0 bridgehead atoms. The zero-order valence-corrected chi connectivity index (χ0v) is 11.3. The van der Waals surface area contributed by atoms with E-state index in [2.05, 4.69) is 20.7 Å². The van der Waals surface area contributed by atoms with Crippen molar-refractivity contribution in [2.45, 2.75) is 44.6 Å². The van der Waals surface area contributed by atoms with Gasteiger partial charge in [-0.25, -0.2) is 15.8 Å². The van der Waals surface area contributed by atoms with Gasteiger partial charge in [0.2, 0.25) is 0 Å². The number of hydrogen-bond acceptors (Lipinski definition) is 6. The molecule has 104 valence electrons. The molecular weight excluding hydrogens is 242 g/mol. The Morgan fingerprint density at radius 2 is 1.79 bits per heavy atom. The molecule has 6 nitrogen and oxygen atoms in total. The van der Waals surface area contributed by atoms with E-state index in [0.717, 1.165) is 49.1 Å². The fraction of sp³-hybridized carbons (Fsp3) is 0.692. The SMILES string of the molecule is Cc1c(NN)nc(C2CC2)nc1NC1CCOCC1. The van der Waals surface area contributed by atoms with Crippen LogP contribution in [-0.2, 0) is 4.74 Å². The third kappa shape index (κ3) is 2.79. The molecule has 4 N–H and O–H groups in total. The van der Waals surface area contributed by atoms with Crippen molar-refractivity contribution >= 4 is 11.6 Å². The molecule has 1 aliphatic carbocycles. The molecule has 1 saturated carbocycles. The highest BCUT2D eigenvalue weighted by Gasteiger charge is 2.28. The molecule has 2 fully saturated rings. The van der Waals surface area contributed by atoms with E-state index in [0.29, 0.717) is 12.0 Å². The van der Waals surface area contributed by atoms with Crippen molar-refractivity contribution in [3.8, 4) is 0 Å². The van der Waals surface area contributed by atoms with Crippen LogP contribution >= 0.6 is 0 Å². The summed E-state index contributed by atoms with van der Waals surface area (Å²) < 4.78 is 5.38. The van der Waals surface area contributed by atoms with E-state index in [1.54, 1.807) is 0 Å². The number of aromatic nitrogens is 2. The minimum absolute atomic E-state index is 0.431. The lowest BCUT2D eigenvalue weighted by atomic mass is 10.1. The fourth-order valence-electron chi connectivity index (χ4n) is 2.37. The van der Waals surface area contributed by atoms with Gasteiger partial charge in [-0.2, -0.15) is 0 Å². The summed E-state index contributed by atoms with van der Waals surface area (Å²) in [5, 5.41) is 3.52. The van der Waals surface area contributed by atoms with Gasteiger partial charge in [0.1, 0.15) is 17.5 Å². The van der Waals surface area contributed by atoms with Crippen LogP contribution in [0.3, 0.4) is 0 Å². The van der Waals surface area contributed by atoms with Crippen LogP contribution in [-0.4, -0.2) is 29.2 Å². The highest BCUT2D eigenvalue weighted by Crippen LogP contribution is 2.39. The molecule has 3 rings (SSSR count). The summed E-state index contributed by atoms with van der Waals surface area (Å²) in [6, 6.07) is 0.431. The minimum Gasteiger partial charge on any atom is -0.381 e. The summed E-state index contributed by atoms with van der Waals surface area (Å²) in [7, 11) is 0. The van der Waals surface area contributed by atoms with Crippen molar-refractivity contribution in [1.82, 2.24) is 9.97 Å². The van der Waals surface area contributed by atoms with Gasteiger partial charge in [0.05, 0.1) is 0 Å². The number of rotatable bonds is 4. The van der Waals surface area contributed by atoms with E-state index in [9.17, 15) is 0 Å². The Bertz CT molecular complexity index is 455. The Kier molecular flexibility index (Phi) is 3.52. The summed E-state index contributed by atoms with van der Waals surface area (Å²) >= 11 is 0. The summed E-state index contributed by atoms with van der Waals surface area (Å²) in [6.45, 7) is 3.63. The number of hydrazine groups is 1. The smallest absolute Gasteiger partial charge is 0.148 e. The van der Waals surface area contributed by atoms with Crippen molar-refractivity contribution in [2.24, 2.45) is 5.84 Å². The van der Waals surface area contributed by atoms with E-state index in [1.165, 1.54) is 12.8 Å². The van der Waals surface area contributed by atoms with Crippen LogP contribution in [0.25, 0.3) is 0 Å². The van der Waals surface area contributed by atoms with E-state index in [4.69, 9.17) is 10.6 Å². The number of ether oxygens (including phenoxy) is 1. The average Bonchev–Trinajstić information content (AvgIpc) is 3.27. The lowest BCUT2D eigenvalue weighted by Gasteiger charge is -2.25. The molecule has 1 aliphatic heterocycles. The van der Waals surface area contributed by atoms with Crippen LogP contribution in [0.2, 0.25) is 0 Å². The van der Waals surface area contributed by atoms with Crippen LogP contribution in [0.15, 0.2) is 0 Å². The first-order valence-electron chi connectivity index (χ1n) is 6.97. The second-order valence-corrected chi connectivity index (χ2v) is 5.35. The van der Waals surface area contributed by atoms with Gasteiger partial charge in [0.15, 0.2) is 0 Å². The minimum atomic E-state index is 0.431. The summed E-state index contributed by atoms with van der Waals surface area (Å²) in [5.41, 5.74) is 3.66. The normalized spacial score (nSPS) is 20.3. The van der Waals surface area contributed by atoms with Gasteiger partial charge < -0.3 is 15.5 Å².